The van der Waals surface area contributed by atoms with Gasteiger partial charge < -0.3 is 4.74 Å². The van der Waals surface area contributed by atoms with Crippen molar-refractivity contribution >= 4 is 17.0 Å². The molecule has 2 unspecified atom stereocenters. The van der Waals surface area contributed by atoms with E-state index in [0.717, 1.165) is 18.3 Å². The maximum absolute atomic E-state index is 10.8. The number of allylic oxidation sites excluding steroid dienone is 1. The minimum atomic E-state index is -0.685. The number of hydrogen-bond acceptors (Lipinski definition) is 2. The molecule has 106 valence electrons. The Labute approximate surface area is 120 Å². The van der Waals surface area contributed by atoms with E-state index >= 15 is 0 Å². The standard InChI is InChI=1S/C16H23ClO2/c1-10-4-5-12-8-13-11(9-19-14(17)18)6-7-16(10,13)15(12,2)3/h6,10,12-13H,4-5,7-9H2,1-3H3/t10-,12+,13?,16?/m1/s1. The van der Waals surface area contributed by atoms with Crippen molar-refractivity contribution in [1.82, 2.24) is 0 Å². The summed E-state index contributed by atoms with van der Waals surface area (Å²) in [6.45, 7) is 7.72. The zero-order chi connectivity index (χ0) is 13.8. The molecule has 0 amide bonds. The van der Waals surface area contributed by atoms with Crippen LogP contribution in [0.25, 0.3) is 0 Å². The molecular weight excluding hydrogens is 260 g/mol. The molecule has 4 atom stereocenters. The van der Waals surface area contributed by atoms with Crippen LogP contribution in [-0.2, 0) is 4.74 Å². The van der Waals surface area contributed by atoms with Gasteiger partial charge in [0.2, 0.25) is 0 Å². The quantitative estimate of drug-likeness (QED) is 0.539. The molecule has 2 saturated carbocycles. The van der Waals surface area contributed by atoms with Gasteiger partial charge in [0.1, 0.15) is 6.61 Å². The van der Waals surface area contributed by atoms with Crippen molar-refractivity contribution in [3.05, 3.63) is 11.6 Å². The van der Waals surface area contributed by atoms with Gasteiger partial charge in [0.05, 0.1) is 0 Å². The molecule has 19 heavy (non-hydrogen) atoms. The molecule has 3 aliphatic carbocycles. The van der Waals surface area contributed by atoms with E-state index in [4.69, 9.17) is 16.3 Å². The molecule has 0 radical (unpaired) electrons. The Morgan fingerprint density at radius 3 is 2.89 bits per heavy atom. The molecule has 2 bridgehead atoms. The van der Waals surface area contributed by atoms with E-state index in [2.05, 4.69) is 26.8 Å². The highest BCUT2D eigenvalue weighted by atomic mass is 35.5. The first-order chi connectivity index (χ1) is 8.89. The molecule has 2 fully saturated rings. The van der Waals surface area contributed by atoms with Crippen molar-refractivity contribution in [2.24, 2.45) is 28.6 Å². The van der Waals surface area contributed by atoms with Crippen molar-refractivity contribution in [3.8, 4) is 0 Å². The van der Waals surface area contributed by atoms with Gasteiger partial charge in [-0.2, -0.15) is 0 Å². The van der Waals surface area contributed by atoms with Crippen LogP contribution < -0.4 is 0 Å². The summed E-state index contributed by atoms with van der Waals surface area (Å²) < 4.78 is 5.04. The second-order valence-corrected chi connectivity index (χ2v) is 7.54. The largest absolute Gasteiger partial charge is 0.449 e. The molecule has 0 aliphatic heterocycles. The molecule has 2 nitrogen and oxygen atoms in total. The molecule has 0 heterocycles. The number of halogens is 1. The van der Waals surface area contributed by atoms with E-state index in [-0.39, 0.29) is 0 Å². The van der Waals surface area contributed by atoms with E-state index in [9.17, 15) is 4.79 Å². The van der Waals surface area contributed by atoms with E-state index in [1.54, 1.807) is 0 Å². The molecule has 0 saturated heterocycles. The van der Waals surface area contributed by atoms with Gasteiger partial charge in [0.25, 0.3) is 0 Å². The molecule has 3 rings (SSSR count). The second kappa shape index (κ2) is 4.25. The zero-order valence-electron chi connectivity index (χ0n) is 12.0. The van der Waals surface area contributed by atoms with Crippen molar-refractivity contribution in [3.63, 3.8) is 0 Å². The summed E-state index contributed by atoms with van der Waals surface area (Å²) in [5.74, 6) is 2.18. The SMILES string of the molecule is C[C@@H]1CC[C@H]2CC3C(COC(=O)Cl)=CCC31C2(C)C. The van der Waals surface area contributed by atoms with Crippen LogP contribution in [-0.4, -0.2) is 12.0 Å². The van der Waals surface area contributed by atoms with Crippen molar-refractivity contribution in [2.45, 2.75) is 46.5 Å². The Morgan fingerprint density at radius 1 is 1.47 bits per heavy atom. The lowest BCUT2D eigenvalue weighted by molar-refractivity contribution is -0.0350. The molecule has 3 aliphatic rings. The minimum absolute atomic E-state index is 0.393. The monoisotopic (exact) mass is 282 g/mol. The Kier molecular flexibility index (Phi) is 3.01. The van der Waals surface area contributed by atoms with Crippen molar-refractivity contribution < 1.29 is 9.53 Å². The Hall–Kier alpha value is -0.500. The third-order valence-corrected chi connectivity index (χ3v) is 6.80. The predicted octanol–water partition coefficient (Wildman–Crippen LogP) is 4.77. The van der Waals surface area contributed by atoms with Crippen LogP contribution in [0.4, 0.5) is 4.79 Å². The third kappa shape index (κ3) is 1.65. The summed E-state index contributed by atoms with van der Waals surface area (Å²) in [6.07, 6.45) is 7.45. The number of carbonyl (C=O) groups is 1. The molecule has 1 spiro atoms. The van der Waals surface area contributed by atoms with Gasteiger partial charge in [0.15, 0.2) is 0 Å². The lowest BCUT2D eigenvalue weighted by Gasteiger charge is -2.52. The number of ether oxygens (including phenoxy) is 1. The van der Waals surface area contributed by atoms with Gasteiger partial charge in [-0.3, -0.25) is 0 Å². The maximum Gasteiger partial charge on any atom is 0.404 e. The van der Waals surface area contributed by atoms with Gasteiger partial charge in [-0.1, -0.05) is 26.8 Å². The summed E-state index contributed by atoms with van der Waals surface area (Å²) in [5, 5.41) is 0. The number of rotatable bonds is 2. The number of hydrogen-bond donors (Lipinski definition) is 0. The minimum Gasteiger partial charge on any atom is -0.449 e. The summed E-state index contributed by atoms with van der Waals surface area (Å²) in [4.78, 5) is 10.8. The van der Waals surface area contributed by atoms with E-state index in [1.807, 2.05) is 0 Å². The first kappa shape index (κ1) is 13.5. The normalized spacial score (nSPS) is 42.7. The van der Waals surface area contributed by atoms with Crippen LogP contribution in [0.15, 0.2) is 11.6 Å². The fourth-order valence-corrected chi connectivity index (χ4v) is 5.67. The van der Waals surface area contributed by atoms with Crippen LogP contribution in [0.2, 0.25) is 0 Å². The molecule has 0 aromatic carbocycles. The predicted molar refractivity (Wildman–Crippen MR) is 76.1 cm³/mol. The Balaban J connectivity index is 1.89. The van der Waals surface area contributed by atoms with Crippen LogP contribution >= 0.6 is 11.6 Å². The van der Waals surface area contributed by atoms with Gasteiger partial charge >= 0.3 is 5.43 Å². The van der Waals surface area contributed by atoms with Crippen LogP contribution in [0.3, 0.4) is 0 Å². The average Bonchev–Trinajstić information content (AvgIpc) is 2.73. The smallest absolute Gasteiger partial charge is 0.404 e. The lowest BCUT2D eigenvalue weighted by atomic mass is 9.52. The van der Waals surface area contributed by atoms with Gasteiger partial charge in [0, 0.05) is 11.6 Å². The first-order valence-electron chi connectivity index (χ1n) is 7.40. The van der Waals surface area contributed by atoms with Crippen molar-refractivity contribution in [1.29, 1.82) is 0 Å². The zero-order valence-corrected chi connectivity index (χ0v) is 12.8. The molecule has 0 aromatic rings. The Morgan fingerprint density at radius 2 is 2.21 bits per heavy atom. The Bertz CT molecular complexity index is 440. The van der Waals surface area contributed by atoms with E-state index in [1.165, 1.54) is 24.8 Å². The molecule has 0 N–H and O–H groups in total. The molecule has 3 heteroatoms. The topological polar surface area (TPSA) is 26.3 Å². The third-order valence-electron chi connectivity index (χ3n) is 6.69. The van der Waals surface area contributed by atoms with Gasteiger partial charge in [-0.05, 0) is 59.8 Å². The summed E-state index contributed by atoms with van der Waals surface area (Å²) in [5.41, 5.74) is 1.43. The summed E-state index contributed by atoms with van der Waals surface area (Å²) >= 11 is 5.31. The summed E-state index contributed by atoms with van der Waals surface area (Å²) in [7, 11) is 0. The van der Waals surface area contributed by atoms with E-state index < -0.39 is 5.43 Å². The summed E-state index contributed by atoms with van der Waals surface area (Å²) in [6, 6.07) is 0. The molecular formula is C16H23ClO2. The van der Waals surface area contributed by atoms with Gasteiger partial charge in [-0.15, -0.1) is 0 Å². The highest BCUT2D eigenvalue weighted by Crippen LogP contribution is 2.72. The first-order valence-corrected chi connectivity index (χ1v) is 7.78. The van der Waals surface area contributed by atoms with E-state index in [0.29, 0.717) is 23.4 Å². The van der Waals surface area contributed by atoms with Crippen LogP contribution in [0.5, 0.6) is 0 Å². The lowest BCUT2D eigenvalue weighted by Crippen LogP contribution is -2.46. The van der Waals surface area contributed by atoms with Crippen LogP contribution in [0, 0.1) is 28.6 Å². The maximum atomic E-state index is 10.8. The van der Waals surface area contributed by atoms with Crippen LogP contribution in [0.1, 0.15) is 46.5 Å². The number of fused-ring (bicyclic) bond motifs is 1. The molecule has 0 aromatic heterocycles. The van der Waals surface area contributed by atoms with Gasteiger partial charge in [-0.25, -0.2) is 4.79 Å². The second-order valence-electron chi connectivity index (χ2n) is 7.24. The fraction of sp³-hybridized carbons (Fsp3) is 0.812. The highest BCUT2D eigenvalue weighted by molar-refractivity contribution is 6.61. The highest BCUT2D eigenvalue weighted by Gasteiger charge is 2.65. The average molecular weight is 283 g/mol. The fourth-order valence-electron chi connectivity index (χ4n) is 5.62. The number of carbonyl (C=O) groups excluding carboxylic acids is 1. The van der Waals surface area contributed by atoms with Crippen molar-refractivity contribution in [2.75, 3.05) is 6.61 Å².